The van der Waals surface area contributed by atoms with Gasteiger partial charge in [0.2, 0.25) is 5.91 Å². The number of carbonyl (C=O) groups is 2. The lowest BCUT2D eigenvalue weighted by atomic mass is 10.0. The van der Waals surface area contributed by atoms with Crippen LogP contribution < -0.4 is 10.6 Å². The molecule has 7 nitrogen and oxygen atoms in total. The predicted molar refractivity (Wildman–Crippen MR) is 82.0 cm³/mol. The summed E-state index contributed by atoms with van der Waals surface area (Å²) in [5.41, 5.74) is 2.39. The van der Waals surface area contributed by atoms with Crippen LogP contribution in [-0.2, 0) is 4.79 Å². The van der Waals surface area contributed by atoms with Gasteiger partial charge in [0.15, 0.2) is 0 Å². The number of aryl methyl sites for hydroxylation is 1. The van der Waals surface area contributed by atoms with Crippen LogP contribution in [0.25, 0.3) is 11.1 Å². The third kappa shape index (κ3) is 2.56. The standard InChI is InChI=1S/C16H18N4O3/c1-8-13-10(14(21)18-11-3-2-6-17-15(11)22)7-12(9-4-5-9)19-16(13)23-20-8/h7,9,11H,2-6H2,1H3,(H,17,22)(H,18,21)/t11-/m0/s1. The lowest BCUT2D eigenvalue weighted by Crippen LogP contribution is -2.50. The molecular formula is C16H18N4O3. The Labute approximate surface area is 132 Å². The van der Waals surface area contributed by atoms with E-state index in [1.165, 1.54) is 0 Å². The zero-order valence-electron chi connectivity index (χ0n) is 12.9. The molecule has 23 heavy (non-hydrogen) atoms. The van der Waals surface area contributed by atoms with Crippen molar-refractivity contribution in [2.75, 3.05) is 6.54 Å². The molecular weight excluding hydrogens is 296 g/mol. The first-order chi connectivity index (χ1) is 11.1. The van der Waals surface area contributed by atoms with Crippen LogP contribution in [0.5, 0.6) is 0 Å². The van der Waals surface area contributed by atoms with Crippen molar-refractivity contribution in [3.63, 3.8) is 0 Å². The molecule has 0 aromatic carbocycles. The van der Waals surface area contributed by atoms with Gasteiger partial charge in [0.1, 0.15) is 6.04 Å². The number of hydrogen-bond acceptors (Lipinski definition) is 5. The fourth-order valence-corrected chi connectivity index (χ4v) is 3.03. The molecule has 3 heterocycles. The number of nitrogens with zero attached hydrogens (tertiary/aromatic N) is 2. The van der Waals surface area contributed by atoms with E-state index in [4.69, 9.17) is 4.52 Å². The SMILES string of the molecule is Cc1noc2nc(C3CC3)cc(C(=O)N[C@H]3CCCNC3=O)c12. The van der Waals surface area contributed by atoms with E-state index >= 15 is 0 Å². The molecule has 0 unspecified atom stereocenters. The van der Waals surface area contributed by atoms with Crippen molar-refractivity contribution in [1.82, 2.24) is 20.8 Å². The van der Waals surface area contributed by atoms with E-state index in [1.54, 1.807) is 6.92 Å². The number of aromatic nitrogens is 2. The number of carbonyl (C=O) groups excluding carboxylic acids is 2. The summed E-state index contributed by atoms with van der Waals surface area (Å²) < 4.78 is 5.25. The van der Waals surface area contributed by atoms with Crippen molar-refractivity contribution in [3.05, 3.63) is 23.0 Å². The summed E-state index contributed by atoms with van der Waals surface area (Å²) in [5.74, 6) is 0.00124. The van der Waals surface area contributed by atoms with E-state index in [1.807, 2.05) is 6.07 Å². The van der Waals surface area contributed by atoms with Crippen molar-refractivity contribution in [2.45, 2.75) is 44.6 Å². The lowest BCUT2D eigenvalue weighted by Gasteiger charge is -2.22. The van der Waals surface area contributed by atoms with E-state index in [-0.39, 0.29) is 11.8 Å². The average molecular weight is 314 g/mol. The van der Waals surface area contributed by atoms with Crippen molar-refractivity contribution < 1.29 is 14.1 Å². The lowest BCUT2D eigenvalue weighted by molar-refractivity contribution is -0.124. The maximum absolute atomic E-state index is 12.7. The molecule has 7 heteroatoms. The van der Waals surface area contributed by atoms with Crippen molar-refractivity contribution >= 4 is 22.9 Å². The molecule has 1 aliphatic carbocycles. The van der Waals surface area contributed by atoms with Gasteiger partial charge in [-0.05, 0) is 38.7 Å². The van der Waals surface area contributed by atoms with Gasteiger partial charge in [-0.1, -0.05) is 5.16 Å². The quantitative estimate of drug-likeness (QED) is 0.893. The Morgan fingerprint density at radius 2 is 2.22 bits per heavy atom. The number of hydrogen-bond donors (Lipinski definition) is 2. The zero-order valence-corrected chi connectivity index (χ0v) is 12.9. The minimum atomic E-state index is -0.482. The van der Waals surface area contributed by atoms with Gasteiger partial charge in [-0.2, -0.15) is 0 Å². The second-order valence-electron chi connectivity index (χ2n) is 6.28. The maximum Gasteiger partial charge on any atom is 0.259 e. The third-order valence-electron chi connectivity index (χ3n) is 4.47. The van der Waals surface area contributed by atoms with Crippen LogP contribution in [0.2, 0.25) is 0 Å². The molecule has 2 fully saturated rings. The summed E-state index contributed by atoms with van der Waals surface area (Å²) in [5, 5.41) is 10.2. The number of amides is 2. The first-order valence-corrected chi connectivity index (χ1v) is 7.99. The predicted octanol–water partition coefficient (Wildman–Crippen LogP) is 1.42. The summed E-state index contributed by atoms with van der Waals surface area (Å²) >= 11 is 0. The first kappa shape index (κ1) is 14.2. The van der Waals surface area contributed by atoms with Gasteiger partial charge in [0.25, 0.3) is 11.6 Å². The molecule has 2 aromatic rings. The molecule has 120 valence electrons. The second kappa shape index (κ2) is 5.33. The van der Waals surface area contributed by atoms with E-state index in [0.717, 1.165) is 25.0 Å². The van der Waals surface area contributed by atoms with Crippen LogP contribution in [0.15, 0.2) is 10.6 Å². The highest BCUT2D eigenvalue weighted by atomic mass is 16.5. The Kier molecular flexibility index (Phi) is 3.28. The molecule has 0 radical (unpaired) electrons. The summed E-state index contributed by atoms with van der Waals surface area (Å²) in [7, 11) is 0. The number of fused-ring (bicyclic) bond motifs is 1. The molecule has 0 bridgehead atoms. The Morgan fingerprint density at radius 3 is 2.96 bits per heavy atom. The van der Waals surface area contributed by atoms with Gasteiger partial charge < -0.3 is 15.2 Å². The molecule has 1 aliphatic heterocycles. The smallest absolute Gasteiger partial charge is 0.259 e. The van der Waals surface area contributed by atoms with Gasteiger partial charge in [-0.3, -0.25) is 9.59 Å². The molecule has 1 saturated heterocycles. The van der Waals surface area contributed by atoms with Crippen LogP contribution in [0.1, 0.15) is 53.3 Å². The topological polar surface area (TPSA) is 97.1 Å². The van der Waals surface area contributed by atoms with Crippen molar-refractivity contribution in [2.24, 2.45) is 0 Å². The highest BCUT2D eigenvalue weighted by Gasteiger charge is 2.30. The van der Waals surface area contributed by atoms with Crippen LogP contribution in [-0.4, -0.2) is 34.5 Å². The number of pyridine rings is 1. The Morgan fingerprint density at radius 1 is 1.39 bits per heavy atom. The van der Waals surface area contributed by atoms with Crippen LogP contribution in [0.4, 0.5) is 0 Å². The molecule has 2 aliphatic rings. The number of piperidine rings is 1. The van der Waals surface area contributed by atoms with Crippen LogP contribution in [0.3, 0.4) is 0 Å². The number of rotatable bonds is 3. The summed E-state index contributed by atoms with van der Waals surface area (Å²) in [6.07, 6.45) is 3.68. The van der Waals surface area contributed by atoms with Crippen LogP contribution in [0, 0.1) is 6.92 Å². The van der Waals surface area contributed by atoms with E-state index < -0.39 is 6.04 Å². The summed E-state index contributed by atoms with van der Waals surface area (Å²) in [4.78, 5) is 29.1. The number of nitrogens with one attached hydrogen (secondary N) is 2. The normalized spacial score (nSPS) is 21.3. The summed E-state index contributed by atoms with van der Waals surface area (Å²) in [6, 6.07) is 1.34. The minimum absolute atomic E-state index is 0.126. The van der Waals surface area contributed by atoms with Gasteiger partial charge in [-0.25, -0.2) is 4.98 Å². The third-order valence-corrected chi connectivity index (χ3v) is 4.47. The fraction of sp³-hybridized carbons (Fsp3) is 0.500. The van der Waals surface area contributed by atoms with Gasteiger partial charge in [-0.15, -0.1) is 0 Å². The van der Waals surface area contributed by atoms with Crippen molar-refractivity contribution in [1.29, 1.82) is 0 Å². The fourth-order valence-electron chi connectivity index (χ4n) is 3.03. The largest absolute Gasteiger partial charge is 0.354 e. The van der Waals surface area contributed by atoms with Gasteiger partial charge in [0.05, 0.1) is 16.6 Å². The highest BCUT2D eigenvalue weighted by molar-refractivity contribution is 6.07. The Bertz CT molecular complexity index is 794. The van der Waals surface area contributed by atoms with Gasteiger partial charge >= 0.3 is 0 Å². The molecule has 2 N–H and O–H groups in total. The van der Waals surface area contributed by atoms with Gasteiger partial charge in [0, 0.05) is 18.2 Å². The van der Waals surface area contributed by atoms with Crippen LogP contribution >= 0.6 is 0 Å². The first-order valence-electron chi connectivity index (χ1n) is 7.99. The average Bonchev–Trinajstić information content (AvgIpc) is 3.33. The zero-order chi connectivity index (χ0) is 16.0. The van der Waals surface area contributed by atoms with E-state index in [0.29, 0.717) is 41.2 Å². The summed E-state index contributed by atoms with van der Waals surface area (Å²) in [6.45, 7) is 2.45. The Balaban J connectivity index is 1.69. The molecule has 2 amide bonds. The molecule has 1 atom stereocenters. The van der Waals surface area contributed by atoms with Crippen molar-refractivity contribution in [3.8, 4) is 0 Å². The monoisotopic (exact) mass is 314 g/mol. The van der Waals surface area contributed by atoms with E-state index in [2.05, 4.69) is 20.8 Å². The molecule has 2 aromatic heterocycles. The molecule has 4 rings (SSSR count). The molecule has 1 saturated carbocycles. The van der Waals surface area contributed by atoms with E-state index in [9.17, 15) is 9.59 Å². The molecule has 0 spiro atoms. The maximum atomic E-state index is 12.7. The highest BCUT2D eigenvalue weighted by Crippen LogP contribution is 2.40. The minimum Gasteiger partial charge on any atom is -0.354 e. The Hall–Kier alpha value is -2.44. The second-order valence-corrected chi connectivity index (χ2v) is 6.28.